The van der Waals surface area contributed by atoms with Crippen molar-refractivity contribution in [2.24, 2.45) is 0 Å². The zero-order valence-corrected chi connectivity index (χ0v) is 11.2. The average Bonchev–Trinajstić information content (AvgIpc) is 2.45. The summed E-state index contributed by atoms with van der Waals surface area (Å²) in [5, 5.41) is 7.77. The van der Waals surface area contributed by atoms with Gasteiger partial charge in [0, 0.05) is 12.1 Å². The van der Waals surface area contributed by atoms with Gasteiger partial charge >= 0.3 is 0 Å². The van der Waals surface area contributed by atoms with E-state index >= 15 is 0 Å². The van der Waals surface area contributed by atoms with E-state index in [1.54, 1.807) is 6.07 Å². The van der Waals surface area contributed by atoms with Crippen molar-refractivity contribution in [2.45, 2.75) is 25.9 Å². The second-order valence-corrected chi connectivity index (χ2v) is 5.13. The molecule has 102 valence electrons. The lowest BCUT2D eigenvalue weighted by Gasteiger charge is -2.17. The van der Waals surface area contributed by atoms with Gasteiger partial charge in [-0.05, 0) is 53.8 Å². The van der Waals surface area contributed by atoms with E-state index in [4.69, 9.17) is 10.1 Å². The van der Waals surface area contributed by atoms with Gasteiger partial charge < -0.3 is 10.1 Å². The highest BCUT2D eigenvalue weighted by atomic mass is 19.1. The molecular weight excluding hydrogens is 253 g/mol. The molecule has 3 heteroatoms. The van der Waals surface area contributed by atoms with Gasteiger partial charge in [-0.15, -0.1) is 0 Å². The van der Waals surface area contributed by atoms with Crippen LogP contribution in [-0.2, 0) is 19.4 Å². The normalized spacial score (nSPS) is 13.9. The molecule has 0 spiro atoms. The summed E-state index contributed by atoms with van der Waals surface area (Å²) in [7, 11) is 0. The monoisotopic (exact) mass is 269 g/mol. The molecule has 0 atom stereocenters. The number of ether oxygens (including phenoxy) is 1. The first-order valence-corrected chi connectivity index (χ1v) is 6.76. The summed E-state index contributed by atoms with van der Waals surface area (Å²) in [6.07, 6.45) is 2.52. The summed E-state index contributed by atoms with van der Waals surface area (Å²) < 4.78 is 18.8. The van der Waals surface area contributed by atoms with Gasteiger partial charge in [-0.3, -0.25) is 0 Å². The maximum atomic E-state index is 13.1. The Bertz CT molecular complexity index is 651. The zero-order valence-electron chi connectivity index (χ0n) is 11.2. The van der Waals surface area contributed by atoms with Crippen LogP contribution in [0.2, 0.25) is 0 Å². The van der Waals surface area contributed by atoms with Crippen molar-refractivity contribution >= 4 is 5.71 Å². The lowest BCUT2D eigenvalue weighted by molar-refractivity contribution is 0.305. The van der Waals surface area contributed by atoms with Gasteiger partial charge in [0.25, 0.3) is 0 Å². The van der Waals surface area contributed by atoms with E-state index in [9.17, 15) is 4.39 Å². The van der Waals surface area contributed by atoms with Crippen LogP contribution in [0, 0.1) is 11.2 Å². The van der Waals surface area contributed by atoms with Crippen LogP contribution in [0.1, 0.15) is 23.1 Å². The molecule has 0 saturated carbocycles. The molecule has 3 rings (SSSR count). The fourth-order valence-corrected chi connectivity index (χ4v) is 2.50. The Morgan fingerprint density at radius 2 is 1.95 bits per heavy atom. The summed E-state index contributed by atoms with van der Waals surface area (Å²) in [5.41, 5.74) is 4.08. The van der Waals surface area contributed by atoms with Gasteiger partial charge in [-0.2, -0.15) is 0 Å². The summed E-state index contributed by atoms with van der Waals surface area (Å²) in [5.74, 6) is 0.535. The number of hydrogen-bond acceptors (Lipinski definition) is 2. The van der Waals surface area contributed by atoms with Crippen molar-refractivity contribution < 1.29 is 9.13 Å². The smallest absolute Gasteiger partial charge is 0.123 e. The van der Waals surface area contributed by atoms with Crippen LogP contribution in [0.5, 0.6) is 5.75 Å². The summed E-state index contributed by atoms with van der Waals surface area (Å²) in [6, 6.07) is 12.5. The molecule has 2 nitrogen and oxygen atoms in total. The van der Waals surface area contributed by atoms with Crippen LogP contribution >= 0.6 is 0 Å². The van der Waals surface area contributed by atoms with Crippen LogP contribution in [0.3, 0.4) is 0 Å². The average molecular weight is 269 g/mol. The molecule has 1 aliphatic rings. The maximum absolute atomic E-state index is 13.1. The molecule has 2 aromatic carbocycles. The van der Waals surface area contributed by atoms with Gasteiger partial charge in [0.05, 0.1) is 0 Å². The number of fused-ring (bicyclic) bond motifs is 1. The summed E-state index contributed by atoms with van der Waals surface area (Å²) in [6.45, 7) is 0.355. The predicted octanol–water partition coefficient (Wildman–Crippen LogP) is 3.91. The molecule has 0 aromatic heterocycles. The van der Waals surface area contributed by atoms with Gasteiger partial charge in [0.2, 0.25) is 0 Å². The van der Waals surface area contributed by atoms with Gasteiger partial charge in [0.1, 0.15) is 18.2 Å². The van der Waals surface area contributed by atoms with E-state index < -0.39 is 0 Å². The Hall–Kier alpha value is -2.16. The summed E-state index contributed by atoms with van der Waals surface area (Å²) in [4.78, 5) is 0. The van der Waals surface area contributed by atoms with E-state index in [1.807, 2.05) is 18.2 Å². The van der Waals surface area contributed by atoms with Gasteiger partial charge in [-0.25, -0.2) is 4.39 Å². The van der Waals surface area contributed by atoms with E-state index in [0.717, 1.165) is 29.9 Å². The maximum Gasteiger partial charge on any atom is 0.123 e. The standard InChI is InChI=1S/C17H16FNO/c18-15-3-1-2-12(8-15)11-20-17-7-5-13-4-6-16(19)9-14(13)10-17/h1-3,5,7-8,10,19H,4,6,9,11H2. The number of rotatable bonds is 3. The van der Waals surface area contributed by atoms with Crippen LogP contribution in [0.25, 0.3) is 0 Å². The van der Waals surface area contributed by atoms with Crippen molar-refractivity contribution in [3.63, 3.8) is 0 Å². The Labute approximate surface area is 117 Å². The van der Waals surface area contributed by atoms with Crippen molar-refractivity contribution in [3.05, 3.63) is 65.0 Å². The molecule has 20 heavy (non-hydrogen) atoms. The highest BCUT2D eigenvalue weighted by Gasteiger charge is 2.13. The molecule has 1 N–H and O–H groups in total. The van der Waals surface area contributed by atoms with E-state index in [1.165, 1.54) is 23.3 Å². The second kappa shape index (κ2) is 5.45. The van der Waals surface area contributed by atoms with Crippen LogP contribution in [0.15, 0.2) is 42.5 Å². The second-order valence-electron chi connectivity index (χ2n) is 5.13. The highest BCUT2D eigenvalue weighted by molar-refractivity contribution is 5.85. The van der Waals surface area contributed by atoms with Gasteiger partial charge in [0.15, 0.2) is 0 Å². The fourth-order valence-electron chi connectivity index (χ4n) is 2.50. The number of nitrogens with one attached hydrogen (secondary N) is 1. The van der Waals surface area contributed by atoms with Gasteiger partial charge in [-0.1, -0.05) is 18.2 Å². The lowest BCUT2D eigenvalue weighted by atomic mass is 9.90. The molecule has 0 saturated heterocycles. The minimum atomic E-state index is -0.245. The molecule has 0 unspecified atom stereocenters. The molecular formula is C17H16FNO. The van der Waals surface area contributed by atoms with Crippen molar-refractivity contribution in [3.8, 4) is 5.75 Å². The fraction of sp³-hybridized carbons (Fsp3) is 0.235. The predicted molar refractivity (Wildman–Crippen MR) is 76.9 cm³/mol. The largest absolute Gasteiger partial charge is 0.489 e. The first kappa shape index (κ1) is 12.9. The quantitative estimate of drug-likeness (QED) is 0.900. The minimum Gasteiger partial charge on any atom is -0.489 e. The summed E-state index contributed by atoms with van der Waals surface area (Å²) >= 11 is 0. The van der Waals surface area contributed by atoms with Crippen molar-refractivity contribution in [1.29, 1.82) is 5.41 Å². The Kier molecular flexibility index (Phi) is 3.50. The SMILES string of the molecule is N=C1CCc2ccc(OCc3cccc(F)c3)cc2C1. The number of benzene rings is 2. The molecule has 1 aliphatic carbocycles. The number of halogens is 1. The molecule has 2 aromatic rings. The topological polar surface area (TPSA) is 33.1 Å². The molecule has 0 radical (unpaired) electrons. The van der Waals surface area contributed by atoms with E-state index in [-0.39, 0.29) is 5.82 Å². The molecule has 0 bridgehead atoms. The first-order valence-electron chi connectivity index (χ1n) is 6.76. The van der Waals surface area contributed by atoms with E-state index in [2.05, 4.69) is 6.07 Å². The lowest BCUT2D eigenvalue weighted by Crippen LogP contribution is -2.12. The van der Waals surface area contributed by atoms with Crippen LogP contribution in [0.4, 0.5) is 4.39 Å². The molecule has 0 fully saturated rings. The van der Waals surface area contributed by atoms with Crippen LogP contribution in [-0.4, -0.2) is 5.71 Å². The highest BCUT2D eigenvalue weighted by Crippen LogP contribution is 2.24. The van der Waals surface area contributed by atoms with Crippen molar-refractivity contribution in [1.82, 2.24) is 0 Å². The third-order valence-corrected chi connectivity index (χ3v) is 3.57. The van der Waals surface area contributed by atoms with E-state index in [0.29, 0.717) is 13.0 Å². The van der Waals surface area contributed by atoms with Crippen molar-refractivity contribution in [2.75, 3.05) is 0 Å². The number of hydrogen-bond donors (Lipinski definition) is 1. The minimum absolute atomic E-state index is 0.245. The third-order valence-electron chi connectivity index (χ3n) is 3.57. The Morgan fingerprint density at radius 1 is 1.05 bits per heavy atom. The Balaban J connectivity index is 1.72. The molecule has 0 amide bonds. The Morgan fingerprint density at radius 3 is 2.80 bits per heavy atom. The molecule has 0 aliphatic heterocycles. The first-order chi connectivity index (χ1) is 9.70. The molecule has 0 heterocycles. The van der Waals surface area contributed by atoms with Crippen LogP contribution < -0.4 is 4.74 Å². The third kappa shape index (κ3) is 2.87. The number of aryl methyl sites for hydroxylation is 1. The zero-order chi connectivity index (χ0) is 13.9.